The second-order valence-corrected chi connectivity index (χ2v) is 22.0. The zero-order valence-corrected chi connectivity index (χ0v) is 32.2. The van der Waals surface area contributed by atoms with Gasteiger partial charge in [0.1, 0.15) is 24.0 Å². The van der Waals surface area contributed by atoms with Gasteiger partial charge in [0.05, 0.1) is 36.1 Å². The molecule has 12 saturated carbocycles. The minimum atomic E-state index is -0.702. The summed E-state index contributed by atoms with van der Waals surface area (Å²) in [4.78, 5) is 67.1. The van der Waals surface area contributed by atoms with Crippen molar-refractivity contribution in [3.8, 4) is 0 Å². The molecule has 0 radical (unpaired) electrons. The van der Waals surface area contributed by atoms with Crippen molar-refractivity contribution in [2.75, 3.05) is 26.4 Å². The van der Waals surface area contributed by atoms with Crippen LogP contribution in [0, 0.1) is 80.3 Å². The van der Waals surface area contributed by atoms with Gasteiger partial charge in [-0.05, 0) is 141 Å². The standard InChI is InChI=1S/C44H60O9/c1-39(2,3)37(48)50-22-41-12-27-10-32(19-41)44(33(11-27)20-41)52-23-40(24-53-44,5-4-34(45)42-13-25-6-28(15-42)35(46)29(7-25)16-42)21-51-38(49)43-14-26-8-30(17-43)36(47)31(9-26)18-43/h25-33H,4-24H2,1-3H3. The van der Waals surface area contributed by atoms with Crippen LogP contribution in [0.15, 0.2) is 0 Å². The first-order valence-corrected chi connectivity index (χ1v) is 21.4. The lowest BCUT2D eigenvalue weighted by atomic mass is 9.47. The van der Waals surface area contributed by atoms with Gasteiger partial charge in [0, 0.05) is 52.8 Å². The predicted molar refractivity (Wildman–Crippen MR) is 191 cm³/mol. The molecule has 13 rings (SSSR count). The lowest BCUT2D eigenvalue weighted by molar-refractivity contribution is -0.392. The molecule has 1 heterocycles. The summed E-state index contributed by atoms with van der Waals surface area (Å²) in [6.45, 7) is 7.05. The summed E-state index contributed by atoms with van der Waals surface area (Å²) in [5.41, 5.74) is -2.19. The molecule has 13 aliphatic rings. The van der Waals surface area contributed by atoms with Crippen molar-refractivity contribution in [1.82, 2.24) is 0 Å². The number of ketones is 3. The van der Waals surface area contributed by atoms with E-state index in [0.717, 1.165) is 70.6 Å². The minimum absolute atomic E-state index is 0.00838. The number of ether oxygens (including phenoxy) is 4. The fourth-order valence-corrected chi connectivity index (χ4v) is 15.2. The maximum absolute atomic E-state index is 14.3. The van der Waals surface area contributed by atoms with Crippen molar-refractivity contribution in [3.63, 3.8) is 0 Å². The smallest absolute Gasteiger partial charge is 0.312 e. The first-order valence-electron chi connectivity index (χ1n) is 21.4. The summed E-state index contributed by atoms with van der Waals surface area (Å²) >= 11 is 0. The minimum Gasteiger partial charge on any atom is -0.465 e. The molecule has 0 N–H and O–H groups in total. The van der Waals surface area contributed by atoms with Gasteiger partial charge in [0.15, 0.2) is 5.79 Å². The monoisotopic (exact) mass is 732 g/mol. The van der Waals surface area contributed by atoms with E-state index >= 15 is 0 Å². The van der Waals surface area contributed by atoms with Gasteiger partial charge in [-0.3, -0.25) is 24.0 Å². The zero-order valence-electron chi connectivity index (χ0n) is 32.2. The number of hydrogen-bond donors (Lipinski definition) is 0. The molecule has 1 spiro atoms. The topological polar surface area (TPSA) is 122 Å². The van der Waals surface area contributed by atoms with Gasteiger partial charge in [-0.2, -0.15) is 0 Å². The fourth-order valence-electron chi connectivity index (χ4n) is 15.2. The van der Waals surface area contributed by atoms with Crippen LogP contribution < -0.4 is 0 Å². The van der Waals surface area contributed by atoms with Crippen molar-refractivity contribution in [1.29, 1.82) is 0 Å². The Kier molecular flexibility index (Phi) is 7.80. The predicted octanol–water partition coefficient (Wildman–Crippen LogP) is 6.81. The number of esters is 2. The van der Waals surface area contributed by atoms with Gasteiger partial charge >= 0.3 is 11.9 Å². The number of carbonyl (C=O) groups is 5. The maximum Gasteiger partial charge on any atom is 0.312 e. The van der Waals surface area contributed by atoms with E-state index in [2.05, 4.69) is 0 Å². The van der Waals surface area contributed by atoms with Gasteiger partial charge < -0.3 is 18.9 Å². The summed E-state index contributed by atoms with van der Waals surface area (Å²) in [5.74, 6) is 1.97. The van der Waals surface area contributed by atoms with E-state index in [0.29, 0.717) is 87.7 Å². The Hall–Kier alpha value is -2.13. The van der Waals surface area contributed by atoms with Crippen LogP contribution in [0.25, 0.3) is 0 Å². The van der Waals surface area contributed by atoms with Gasteiger partial charge in [-0.1, -0.05) is 0 Å². The molecule has 1 aliphatic heterocycles. The van der Waals surface area contributed by atoms with E-state index in [1.807, 2.05) is 20.8 Å². The Morgan fingerprint density at radius 3 is 1.70 bits per heavy atom. The molecule has 9 heteroatoms. The van der Waals surface area contributed by atoms with Crippen molar-refractivity contribution in [3.05, 3.63) is 0 Å². The number of hydrogen-bond acceptors (Lipinski definition) is 9. The lowest BCUT2D eigenvalue weighted by Gasteiger charge is -2.65. The Labute approximate surface area is 314 Å². The van der Waals surface area contributed by atoms with E-state index < -0.39 is 27.4 Å². The van der Waals surface area contributed by atoms with Gasteiger partial charge in [0.25, 0.3) is 0 Å². The quantitative estimate of drug-likeness (QED) is 0.235. The van der Waals surface area contributed by atoms with Crippen molar-refractivity contribution < 1.29 is 42.9 Å². The van der Waals surface area contributed by atoms with Crippen LogP contribution >= 0.6 is 0 Å². The molecule has 9 nitrogen and oxygen atoms in total. The van der Waals surface area contributed by atoms with Crippen LogP contribution in [-0.2, 0) is 42.9 Å². The average molecular weight is 733 g/mol. The third-order valence-corrected chi connectivity index (χ3v) is 17.2. The van der Waals surface area contributed by atoms with Crippen LogP contribution in [-0.4, -0.2) is 61.5 Å². The zero-order chi connectivity index (χ0) is 36.8. The van der Waals surface area contributed by atoms with Gasteiger partial charge in [-0.15, -0.1) is 0 Å². The molecular weight excluding hydrogens is 672 g/mol. The molecule has 12 aliphatic carbocycles. The third kappa shape index (κ3) is 5.45. The van der Waals surface area contributed by atoms with E-state index in [9.17, 15) is 24.0 Å². The number of rotatable bonds is 9. The van der Waals surface area contributed by atoms with Crippen LogP contribution in [0.2, 0.25) is 0 Å². The first kappa shape index (κ1) is 35.3. The Morgan fingerprint density at radius 1 is 0.642 bits per heavy atom. The second kappa shape index (κ2) is 11.7. The summed E-state index contributed by atoms with van der Waals surface area (Å²) in [6, 6.07) is 0. The molecule has 53 heavy (non-hydrogen) atoms. The molecule has 13 fully saturated rings. The molecule has 12 bridgehead atoms. The summed E-state index contributed by atoms with van der Waals surface area (Å²) < 4.78 is 26.4. The summed E-state index contributed by atoms with van der Waals surface area (Å²) in [5, 5.41) is 0. The SMILES string of the molecule is CC(C)(C)C(=O)OCC12CC3CC(C1)C1(OCC(CCC(=O)C45CC6CC(C4)C(=O)C(C6)C5)(COC(=O)C45CC6CC(C4)C(=O)C(C6)C5)CO1)C(C3)C2. The van der Waals surface area contributed by atoms with Crippen molar-refractivity contribution in [2.45, 2.75) is 136 Å². The van der Waals surface area contributed by atoms with E-state index in [1.165, 1.54) is 0 Å². The van der Waals surface area contributed by atoms with Crippen molar-refractivity contribution in [2.24, 2.45) is 80.3 Å². The number of carbonyl (C=O) groups excluding carboxylic acids is 5. The molecule has 0 amide bonds. The highest BCUT2D eigenvalue weighted by atomic mass is 16.7. The Balaban J connectivity index is 0.862. The maximum atomic E-state index is 14.3. The molecule has 6 unspecified atom stereocenters. The lowest BCUT2D eigenvalue weighted by Crippen LogP contribution is -2.67. The molecule has 290 valence electrons. The van der Waals surface area contributed by atoms with Gasteiger partial charge in [0.2, 0.25) is 0 Å². The van der Waals surface area contributed by atoms with Crippen molar-refractivity contribution >= 4 is 29.3 Å². The third-order valence-electron chi connectivity index (χ3n) is 17.2. The largest absolute Gasteiger partial charge is 0.465 e. The normalized spacial score (nSPS) is 49.9. The highest BCUT2D eigenvalue weighted by molar-refractivity contribution is 5.92. The second-order valence-electron chi connectivity index (χ2n) is 22.0. The molecule has 0 aromatic heterocycles. The molecule has 0 aromatic rings. The van der Waals surface area contributed by atoms with Crippen LogP contribution in [0.5, 0.6) is 0 Å². The van der Waals surface area contributed by atoms with E-state index in [1.54, 1.807) is 0 Å². The fraction of sp³-hybridized carbons (Fsp3) is 0.886. The first-order chi connectivity index (χ1) is 25.1. The van der Waals surface area contributed by atoms with E-state index in [4.69, 9.17) is 18.9 Å². The molecule has 6 atom stereocenters. The summed E-state index contributed by atoms with van der Waals surface area (Å²) in [7, 11) is 0. The van der Waals surface area contributed by atoms with Gasteiger partial charge in [-0.25, -0.2) is 0 Å². The van der Waals surface area contributed by atoms with E-state index in [-0.39, 0.29) is 65.3 Å². The molecule has 1 saturated heterocycles. The Morgan fingerprint density at radius 2 is 1.15 bits per heavy atom. The van der Waals surface area contributed by atoms with Crippen LogP contribution in [0.3, 0.4) is 0 Å². The molecule has 0 aromatic carbocycles. The Bertz CT molecular complexity index is 1490. The van der Waals surface area contributed by atoms with Crippen LogP contribution in [0.1, 0.15) is 130 Å². The highest BCUT2D eigenvalue weighted by Gasteiger charge is 2.67. The number of Topliss-reactive ketones (excluding diaryl/α,β-unsaturated/α-hetero) is 3. The van der Waals surface area contributed by atoms with Crippen LogP contribution in [0.4, 0.5) is 0 Å². The average Bonchev–Trinajstić information content (AvgIpc) is 3.11. The summed E-state index contributed by atoms with van der Waals surface area (Å²) in [6.07, 6.45) is 14.0. The highest BCUT2D eigenvalue weighted by Crippen LogP contribution is 2.67. The molecular formula is C44H60O9.